The van der Waals surface area contributed by atoms with Gasteiger partial charge in [0, 0.05) is 11.9 Å². The fraction of sp³-hybridized carbons (Fsp3) is 0.100. The van der Waals surface area contributed by atoms with Crippen LogP contribution in [0.2, 0.25) is 0 Å². The Kier molecular flexibility index (Phi) is 2.32. The van der Waals surface area contributed by atoms with Crippen molar-refractivity contribution in [3.05, 3.63) is 46.6 Å². The zero-order valence-electron chi connectivity index (χ0n) is 8.14. The first-order chi connectivity index (χ1) is 7.07. The molecule has 2 rings (SSSR count). The van der Waals surface area contributed by atoms with E-state index in [-0.39, 0.29) is 0 Å². The Bertz CT molecular complexity index is 530. The first-order valence-corrected chi connectivity index (χ1v) is 6.01. The molecule has 0 unspecified atom stereocenters. The van der Waals surface area contributed by atoms with Gasteiger partial charge in [-0.25, -0.2) is 8.42 Å². The van der Waals surface area contributed by atoms with Gasteiger partial charge in [-0.1, -0.05) is 6.07 Å². The molecule has 0 amide bonds. The molecule has 0 atom stereocenters. The summed E-state index contributed by atoms with van der Waals surface area (Å²) in [6.07, 6.45) is 1.62. The lowest BCUT2D eigenvalue weighted by atomic mass is 10.3. The van der Waals surface area contributed by atoms with E-state index in [4.69, 9.17) is 0 Å². The Morgan fingerprint density at radius 3 is 2.67 bits per heavy atom. The van der Waals surface area contributed by atoms with Crippen LogP contribution < -0.4 is 5.32 Å². The van der Waals surface area contributed by atoms with E-state index < -0.39 is 9.84 Å². The minimum absolute atomic E-state index is 0.510. The molecule has 0 fully saturated rings. The van der Waals surface area contributed by atoms with Crippen LogP contribution in [0.5, 0.6) is 0 Å². The summed E-state index contributed by atoms with van der Waals surface area (Å²) in [6.45, 7) is 1.70. The lowest BCUT2D eigenvalue weighted by molar-refractivity contribution is 0.611. The predicted octanol–water partition coefficient (Wildman–Crippen LogP) is 1.26. The van der Waals surface area contributed by atoms with Gasteiger partial charge in [0.05, 0.1) is 22.2 Å². The normalized spacial score (nSPS) is 18.7. The molecule has 0 aromatic carbocycles. The van der Waals surface area contributed by atoms with Crippen LogP contribution in [-0.2, 0) is 9.84 Å². The van der Waals surface area contributed by atoms with Gasteiger partial charge in [0.1, 0.15) is 0 Å². The summed E-state index contributed by atoms with van der Waals surface area (Å²) in [5, 5.41) is 5.35. The zero-order valence-corrected chi connectivity index (χ0v) is 8.95. The average molecular weight is 222 g/mol. The van der Waals surface area contributed by atoms with Crippen LogP contribution in [0, 0.1) is 0 Å². The molecule has 1 aromatic rings. The zero-order chi connectivity index (χ0) is 10.9. The Balaban J connectivity index is 2.46. The summed E-state index contributed by atoms with van der Waals surface area (Å²) < 4.78 is 22.8. The van der Waals surface area contributed by atoms with Crippen molar-refractivity contribution < 1.29 is 8.42 Å². The van der Waals surface area contributed by atoms with E-state index in [0.717, 1.165) is 0 Å². The molecule has 0 saturated heterocycles. The van der Waals surface area contributed by atoms with Gasteiger partial charge in [-0.2, -0.15) is 0 Å². The van der Waals surface area contributed by atoms with Gasteiger partial charge in [0.15, 0.2) is 9.84 Å². The van der Waals surface area contributed by atoms with Crippen LogP contribution in [0.15, 0.2) is 40.9 Å². The monoisotopic (exact) mass is 222 g/mol. The second-order valence-corrected chi connectivity index (χ2v) is 4.91. The van der Waals surface area contributed by atoms with Crippen LogP contribution in [-0.4, -0.2) is 13.4 Å². The minimum Gasteiger partial charge on any atom is -0.356 e. The van der Waals surface area contributed by atoms with Crippen molar-refractivity contribution >= 4 is 15.5 Å². The van der Waals surface area contributed by atoms with Crippen molar-refractivity contribution in [3.8, 4) is 0 Å². The van der Waals surface area contributed by atoms with E-state index in [2.05, 4.69) is 10.3 Å². The maximum absolute atomic E-state index is 11.4. The molecule has 0 spiro atoms. The third kappa shape index (κ3) is 2.24. The van der Waals surface area contributed by atoms with Crippen molar-refractivity contribution in [1.29, 1.82) is 0 Å². The molecule has 0 bridgehead atoms. The molecule has 1 N–H and O–H groups in total. The van der Waals surface area contributed by atoms with Crippen LogP contribution >= 0.6 is 0 Å². The molecule has 5 heteroatoms. The maximum Gasteiger partial charge on any atom is 0.196 e. The lowest BCUT2D eigenvalue weighted by Gasteiger charge is -2.14. The number of rotatable bonds is 1. The largest absolute Gasteiger partial charge is 0.356 e. The fourth-order valence-electron chi connectivity index (χ4n) is 1.36. The van der Waals surface area contributed by atoms with E-state index in [1.54, 1.807) is 25.3 Å². The van der Waals surface area contributed by atoms with Crippen molar-refractivity contribution in [2.24, 2.45) is 0 Å². The number of nitrogens with one attached hydrogen (secondary N) is 1. The summed E-state index contributed by atoms with van der Waals surface area (Å²) in [6, 6.07) is 5.35. The fourth-order valence-corrected chi connectivity index (χ4v) is 2.49. The van der Waals surface area contributed by atoms with Crippen molar-refractivity contribution in [3.63, 3.8) is 0 Å². The molecule has 1 aliphatic rings. The van der Waals surface area contributed by atoms with Gasteiger partial charge in [-0.15, -0.1) is 0 Å². The van der Waals surface area contributed by atoms with Crippen molar-refractivity contribution in [2.75, 3.05) is 0 Å². The van der Waals surface area contributed by atoms with E-state index >= 15 is 0 Å². The molecule has 0 saturated carbocycles. The number of allylic oxidation sites excluding steroid dienone is 1. The Morgan fingerprint density at radius 2 is 2.07 bits per heavy atom. The third-order valence-electron chi connectivity index (χ3n) is 1.90. The molecular formula is C10H10N2O2S. The Hall–Kier alpha value is -1.62. The molecular weight excluding hydrogens is 212 g/mol. The molecule has 0 radical (unpaired) electrons. The standard InChI is InChI=1S/C10H10N2O2S/c1-8-6-15(13,14)7-10(12-8)9-4-2-3-5-11-9/h2-7,12H,1H3. The van der Waals surface area contributed by atoms with E-state index in [1.165, 1.54) is 10.8 Å². The maximum atomic E-state index is 11.4. The quantitative estimate of drug-likeness (QED) is 0.777. The molecule has 78 valence electrons. The number of pyridine rings is 1. The molecule has 1 aromatic heterocycles. The highest BCUT2D eigenvalue weighted by Crippen LogP contribution is 2.17. The van der Waals surface area contributed by atoms with E-state index in [0.29, 0.717) is 17.1 Å². The second-order valence-electron chi connectivity index (χ2n) is 3.26. The number of hydrogen-bond donors (Lipinski definition) is 1. The molecule has 15 heavy (non-hydrogen) atoms. The number of aromatic nitrogens is 1. The van der Waals surface area contributed by atoms with Crippen LogP contribution in [0.25, 0.3) is 5.70 Å². The minimum atomic E-state index is -3.26. The summed E-state index contributed by atoms with van der Waals surface area (Å²) in [5.74, 6) is 0. The van der Waals surface area contributed by atoms with Crippen molar-refractivity contribution in [2.45, 2.75) is 6.92 Å². The lowest BCUT2D eigenvalue weighted by Crippen LogP contribution is -2.17. The van der Waals surface area contributed by atoms with Crippen molar-refractivity contribution in [1.82, 2.24) is 10.3 Å². The topological polar surface area (TPSA) is 59.1 Å². The van der Waals surface area contributed by atoms with Gasteiger partial charge in [-0.3, -0.25) is 4.98 Å². The van der Waals surface area contributed by atoms with Gasteiger partial charge in [-0.05, 0) is 19.1 Å². The van der Waals surface area contributed by atoms with E-state index in [9.17, 15) is 8.42 Å². The highest BCUT2D eigenvalue weighted by Gasteiger charge is 2.15. The number of nitrogens with zero attached hydrogens (tertiary/aromatic N) is 1. The van der Waals surface area contributed by atoms with Gasteiger partial charge >= 0.3 is 0 Å². The number of hydrogen-bond acceptors (Lipinski definition) is 4. The average Bonchev–Trinajstić information content (AvgIpc) is 2.16. The molecule has 4 nitrogen and oxygen atoms in total. The molecule has 2 heterocycles. The molecule has 1 aliphatic heterocycles. The van der Waals surface area contributed by atoms with Crippen LogP contribution in [0.3, 0.4) is 0 Å². The first kappa shape index (κ1) is 9.92. The summed E-state index contributed by atoms with van der Waals surface area (Å²) in [7, 11) is -3.26. The van der Waals surface area contributed by atoms with E-state index in [1.807, 2.05) is 6.07 Å². The second kappa shape index (κ2) is 3.51. The predicted molar refractivity (Wildman–Crippen MR) is 58.0 cm³/mol. The SMILES string of the molecule is CC1=CS(=O)(=O)C=C(c2ccccn2)N1. The summed E-state index contributed by atoms with van der Waals surface area (Å²) in [4.78, 5) is 4.08. The summed E-state index contributed by atoms with van der Waals surface area (Å²) in [5.41, 5.74) is 1.72. The highest BCUT2D eigenvalue weighted by atomic mass is 32.2. The van der Waals surface area contributed by atoms with Gasteiger partial charge < -0.3 is 5.32 Å². The van der Waals surface area contributed by atoms with Crippen LogP contribution in [0.1, 0.15) is 12.6 Å². The van der Waals surface area contributed by atoms with Gasteiger partial charge in [0.2, 0.25) is 0 Å². The van der Waals surface area contributed by atoms with Gasteiger partial charge in [0.25, 0.3) is 0 Å². The third-order valence-corrected chi connectivity index (χ3v) is 3.14. The summed E-state index contributed by atoms with van der Waals surface area (Å²) >= 11 is 0. The smallest absolute Gasteiger partial charge is 0.196 e. The highest BCUT2D eigenvalue weighted by molar-refractivity contribution is 7.97. The first-order valence-electron chi connectivity index (χ1n) is 4.40. The Morgan fingerprint density at radius 1 is 1.27 bits per heavy atom. The number of sulfone groups is 1. The molecule has 0 aliphatic carbocycles. The Labute approximate surface area is 88.3 Å². The van der Waals surface area contributed by atoms with Crippen LogP contribution in [0.4, 0.5) is 0 Å².